The van der Waals surface area contributed by atoms with Gasteiger partial charge < -0.3 is 9.84 Å². The monoisotopic (exact) mass is 214 g/mol. The first-order chi connectivity index (χ1) is 7.24. The van der Waals surface area contributed by atoms with Gasteiger partial charge in [-0.05, 0) is 32.1 Å². The van der Waals surface area contributed by atoms with Crippen LogP contribution in [0.15, 0.2) is 0 Å². The lowest BCUT2D eigenvalue weighted by Crippen LogP contribution is -2.29. The fourth-order valence-electron chi connectivity index (χ4n) is 2.41. The third-order valence-electron chi connectivity index (χ3n) is 3.44. The van der Waals surface area contributed by atoms with Gasteiger partial charge in [-0.15, -0.1) is 0 Å². The Kier molecular flexibility index (Phi) is 6.26. The second-order valence-corrected chi connectivity index (χ2v) is 4.90. The van der Waals surface area contributed by atoms with Crippen LogP contribution in [0.4, 0.5) is 0 Å². The highest BCUT2D eigenvalue weighted by Gasteiger charge is 2.22. The summed E-state index contributed by atoms with van der Waals surface area (Å²) in [6.07, 6.45) is 8.60. The summed E-state index contributed by atoms with van der Waals surface area (Å²) in [4.78, 5) is 0. The van der Waals surface area contributed by atoms with E-state index >= 15 is 0 Å². The Bertz CT molecular complexity index is 153. The highest BCUT2D eigenvalue weighted by molar-refractivity contribution is 4.73. The van der Waals surface area contributed by atoms with E-state index in [9.17, 15) is 5.11 Å². The minimum Gasteiger partial charge on any atom is -0.390 e. The van der Waals surface area contributed by atoms with Crippen LogP contribution in [0.1, 0.15) is 58.8 Å². The number of rotatable bonds is 6. The lowest BCUT2D eigenvalue weighted by atomic mass is 9.85. The largest absolute Gasteiger partial charge is 0.390 e. The normalized spacial score (nSPS) is 22.6. The fourth-order valence-corrected chi connectivity index (χ4v) is 2.41. The average molecular weight is 214 g/mol. The zero-order valence-corrected chi connectivity index (χ0v) is 10.2. The summed E-state index contributed by atoms with van der Waals surface area (Å²) in [5.74, 6) is 0.493. The van der Waals surface area contributed by atoms with Gasteiger partial charge in [0.05, 0.1) is 18.8 Å². The Morgan fingerprint density at radius 3 is 2.53 bits per heavy atom. The standard InChI is InChI=1S/C13H26O2/c1-3-7-11(2)15-10-13(14)12-8-5-4-6-9-12/h11-14H,3-10H2,1-2H3. The zero-order chi connectivity index (χ0) is 11.1. The molecule has 2 atom stereocenters. The van der Waals surface area contributed by atoms with Crippen LogP contribution in [0.3, 0.4) is 0 Å². The van der Waals surface area contributed by atoms with Crippen LogP contribution < -0.4 is 0 Å². The molecule has 90 valence electrons. The summed E-state index contributed by atoms with van der Waals surface area (Å²) in [6.45, 7) is 4.79. The van der Waals surface area contributed by atoms with Crippen molar-refractivity contribution in [1.29, 1.82) is 0 Å². The minimum atomic E-state index is -0.232. The molecule has 1 N–H and O–H groups in total. The lowest BCUT2D eigenvalue weighted by molar-refractivity contribution is -0.0343. The molecule has 2 nitrogen and oxygen atoms in total. The average Bonchev–Trinajstić information content (AvgIpc) is 2.27. The first kappa shape index (κ1) is 13.0. The van der Waals surface area contributed by atoms with Crippen LogP contribution >= 0.6 is 0 Å². The van der Waals surface area contributed by atoms with Crippen molar-refractivity contribution in [2.24, 2.45) is 5.92 Å². The third-order valence-corrected chi connectivity index (χ3v) is 3.44. The molecule has 15 heavy (non-hydrogen) atoms. The Hall–Kier alpha value is -0.0800. The number of ether oxygens (including phenoxy) is 1. The molecule has 1 rings (SSSR count). The predicted octanol–water partition coefficient (Wildman–Crippen LogP) is 3.13. The van der Waals surface area contributed by atoms with E-state index in [-0.39, 0.29) is 6.10 Å². The summed E-state index contributed by atoms with van der Waals surface area (Å²) in [5, 5.41) is 9.97. The highest BCUT2D eigenvalue weighted by Crippen LogP contribution is 2.26. The zero-order valence-electron chi connectivity index (χ0n) is 10.2. The van der Waals surface area contributed by atoms with E-state index in [1.165, 1.54) is 32.1 Å². The minimum absolute atomic E-state index is 0.232. The quantitative estimate of drug-likeness (QED) is 0.736. The van der Waals surface area contributed by atoms with E-state index in [0.29, 0.717) is 18.6 Å². The second kappa shape index (κ2) is 7.24. The number of aliphatic hydroxyl groups excluding tert-OH is 1. The molecule has 1 aliphatic carbocycles. The third kappa shape index (κ3) is 4.98. The number of aliphatic hydroxyl groups is 1. The van der Waals surface area contributed by atoms with E-state index in [0.717, 1.165) is 12.8 Å². The van der Waals surface area contributed by atoms with Crippen LogP contribution in [0, 0.1) is 5.92 Å². The molecule has 2 heteroatoms. The summed E-state index contributed by atoms with van der Waals surface area (Å²) in [7, 11) is 0. The van der Waals surface area contributed by atoms with Gasteiger partial charge in [0, 0.05) is 0 Å². The maximum Gasteiger partial charge on any atom is 0.0801 e. The molecule has 0 spiro atoms. The van der Waals surface area contributed by atoms with Gasteiger partial charge in [-0.2, -0.15) is 0 Å². The Morgan fingerprint density at radius 2 is 1.93 bits per heavy atom. The lowest BCUT2D eigenvalue weighted by Gasteiger charge is -2.27. The van der Waals surface area contributed by atoms with Gasteiger partial charge in [0.1, 0.15) is 0 Å². The van der Waals surface area contributed by atoms with E-state index in [1.54, 1.807) is 0 Å². The van der Waals surface area contributed by atoms with Gasteiger partial charge in [-0.3, -0.25) is 0 Å². The molecule has 1 fully saturated rings. The fraction of sp³-hybridized carbons (Fsp3) is 1.00. The molecule has 2 unspecified atom stereocenters. The first-order valence-electron chi connectivity index (χ1n) is 6.53. The first-order valence-corrected chi connectivity index (χ1v) is 6.53. The maximum atomic E-state index is 9.97. The van der Waals surface area contributed by atoms with Crippen LogP contribution in [-0.2, 0) is 4.74 Å². The van der Waals surface area contributed by atoms with Crippen molar-refractivity contribution in [3.05, 3.63) is 0 Å². The van der Waals surface area contributed by atoms with Crippen molar-refractivity contribution in [3.8, 4) is 0 Å². The summed E-state index contributed by atoms with van der Waals surface area (Å²) in [5.41, 5.74) is 0. The van der Waals surface area contributed by atoms with Crippen molar-refractivity contribution in [3.63, 3.8) is 0 Å². The van der Waals surface area contributed by atoms with Crippen LogP contribution in [0.5, 0.6) is 0 Å². The number of hydrogen-bond donors (Lipinski definition) is 1. The second-order valence-electron chi connectivity index (χ2n) is 4.90. The highest BCUT2D eigenvalue weighted by atomic mass is 16.5. The van der Waals surface area contributed by atoms with Crippen molar-refractivity contribution in [2.45, 2.75) is 71.0 Å². The molecule has 1 saturated carbocycles. The molecular formula is C13H26O2. The van der Waals surface area contributed by atoms with E-state index in [2.05, 4.69) is 13.8 Å². The Balaban J connectivity index is 2.13. The van der Waals surface area contributed by atoms with Crippen molar-refractivity contribution in [2.75, 3.05) is 6.61 Å². The molecule has 0 aromatic heterocycles. The van der Waals surface area contributed by atoms with Crippen LogP contribution in [0.25, 0.3) is 0 Å². The smallest absolute Gasteiger partial charge is 0.0801 e. The maximum absolute atomic E-state index is 9.97. The van der Waals surface area contributed by atoms with E-state index in [1.807, 2.05) is 0 Å². The molecule has 1 aliphatic rings. The molecule has 0 radical (unpaired) electrons. The molecule has 0 bridgehead atoms. The summed E-state index contributed by atoms with van der Waals surface area (Å²) < 4.78 is 5.65. The Labute approximate surface area is 94.0 Å². The van der Waals surface area contributed by atoms with Gasteiger partial charge in [0.15, 0.2) is 0 Å². The number of hydrogen-bond acceptors (Lipinski definition) is 2. The van der Waals surface area contributed by atoms with Gasteiger partial charge in [-0.25, -0.2) is 0 Å². The summed E-state index contributed by atoms with van der Waals surface area (Å²) >= 11 is 0. The van der Waals surface area contributed by atoms with E-state index < -0.39 is 0 Å². The van der Waals surface area contributed by atoms with Crippen molar-refractivity contribution in [1.82, 2.24) is 0 Å². The van der Waals surface area contributed by atoms with Gasteiger partial charge in [-0.1, -0.05) is 32.6 Å². The Morgan fingerprint density at radius 1 is 1.27 bits per heavy atom. The topological polar surface area (TPSA) is 29.5 Å². The van der Waals surface area contributed by atoms with Crippen molar-refractivity contribution >= 4 is 0 Å². The van der Waals surface area contributed by atoms with Crippen LogP contribution in [-0.4, -0.2) is 23.9 Å². The van der Waals surface area contributed by atoms with Crippen LogP contribution in [0.2, 0.25) is 0 Å². The van der Waals surface area contributed by atoms with Crippen molar-refractivity contribution < 1.29 is 9.84 Å². The van der Waals surface area contributed by atoms with E-state index in [4.69, 9.17) is 4.74 Å². The molecular weight excluding hydrogens is 188 g/mol. The molecule has 0 aromatic rings. The van der Waals surface area contributed by atoms with Gasteiger partial charge in [0.2, 0.25) is 0 Å². The van der Waals surface area contributed by atoms with Gasteiger partial charge >= 0.3 is 0 Å². The molecule has 0 saturated heterocycles. The molecule has 0 aliphatic heterocycles. The molecule has 0 heterocycles. The summed E-state index contributed by atoms with van der Waals surface area (Å²) in [6, 6.07) is 0. The molecule has 0 amide bonds. The SMILES string of the molecule is CCCC(C)OCC(O)C1CCCCC1. The molecule has 0 aromatic carbocycles. The predicted molar refractivity (Wildman–Crippen MR) is 62.9 cm³/mol. The van der Waals surface area contributed by atoms with Gasteiger partial charge in [0.25, 0.3) is 0 Å².